The van der Waals surface area contributed by atoms with Crippen molar-refractivity contribution in [1.82, 2.24) is 4.90 Å². The molecule has 0 aliphatic carbocycles. The van der Waals surface area contributed by atoms with Gasteiger partial charge in [0.05, 0.1) is 0 Å². The fraction of sp³-hybridized carbons (Fsp3) is 0.467. The molecule has 1 amide bonds. The standard InChI is InChI=1S/C15H21NO5/c1-15(2,3)21-14(20)16(4)12(13(18)19)9-10-5-7-11(17)8-6-10/h5-8,12,17H,9H2,1-4H3,(H,18,19)/t12-/m0/s1/i4D. The van der Waals surface area contributed by atoms with Crippen molar-refractivity contribution in [3.63, 3.8) is 0 Å². The van der Waals surface area contributed by atoms with Gasteiger partial charge in [-0.2, -0.15) is 0 Å². The zero-order chi connectivity index (χ0) is 16.9. The molecule has 0 fully saturated rings. The van der Waals surface area contributed by atoms with Crippen molar-refractivity contribution < 1.29 is 25.9 Å². The number of phenols is 1. The molecule has 0 aliphatic rings. The van der Waals surface area contributed by atoms with Crippen molar-refractivity contribution in [1.29, 1.82) is 0 Å². The summed E-state index contributed by atoms with van der Waals surface area (Å²) in [5.74, 6) is -1.15. The molecule has 6 heteroatoms. The van der Waals surface area contributed by atoms with Crippen molar-refractivity contribution in [2.75, 3.05) is 7.02 Å². The molecule has 0 spiro atoms. The van der Waals surface area contributed by atoms with Gasteiger partial charge < -0.3 is 14.9 Å². The fourth-order valence-electron chi connectivity index (χ4n) is 1.63. The first-order chi connectivity index (χ1) is 10.1. The summed E-state index contributed by atoms with van der Waals surface area (Å²) in [6.07, 6.45) is -0.818. The number of aromatic hydroxyl groups is 1. The van der Waals surface area contributed by atoms with Crippen LogP contribution in [0.1, 0.15) is 27.7 Å². The van der Waals surface area contributed by atoms with E-state index in [1.807, 2.05) is 0 Å². The zero-order valence-corrected chi connectivity index (χ0v) is 12.4. The van der Waals surface area contributed by atoms with E-state index in [2.05, 4.69) is 0 Å². The van der Waals surface area contributed by atoms with E-state index in [-0.39, 0.29) is 12.2 Å². The number of carbonyl (C=O) groups is 2. The number of rotatable bonds is 4. The second-order valence-electron chi connectivity index (χ2n) is 5.67. The molecule has 0 saturated heterocycles. The summed E-state index contributed by atoms with van der Waals surface area (Å²) in [6, 6.07) is 4.81. The predicted octanol–water partition coefficient (Wildman–Crippen LogP) is 2.25. The van der Waals surface area contributed by atoms with Crippen LogP contribution in [0.4, 0.5) is 4.79 Å². The van der Waals surface area contributed by atoms with Gasteiger partial charge in [0.25, 0.3) is 0 Å². The molecule has 1 rings (SSSR count). The lowest BCUT2D eigenvalue weighted by molar-refractivity contribution is -0.142. The number of carboxylic acid groups (broad SMARTS) is 1. The molecule has 6 nitrogen and oxygen atoms in total. The summed E-state index contributed by atoms with van der Waals surface area (Å²) in [7, 11) is -0.524. The smallest absolute Gasteiger partial charge is 0.410 e. The van der Waals surface area contributed by atoms with Crippen LogP contribution in [-0.2, 0) is 16.0 Å². The molecule has 0 bridgehead atoms. The lowest BCUT2D eigenvalue weighted by atomic mass is 10.1. The van der Waals surface area contributed by atoms with Crippen LogP contribution in [0.2, 0.25) is 0 Å². The summed E-state index contributed by atoms with van der Waals surface area (Å²) in [5.41, 5.74) is -0.140. The Labute approximate surface area is 125 Å². The normalized spacial score (nSPS) is 13.2. The van der Waals surface area contributed by atoms with E-state index in [0.717, 1.165) is 4.90 Å². The minimum absolute atomic E-state index is 0.0216. The van der Waals surface area contributed by atoms with E-state index in [9.17, 15) is 19.8 Å². The van der Waals surface area contributed by atoms with Crippen molar-refractivity contribution >= 4 is 12.1 Å². The van der Waals surface area contributed by atoms with Gasteiger partial charge in [0, 0.05) is 14.8 Å². The quantitative estimate of drug-likeness (QED) is 0.890. The van der Waals surface area contributed by atoms with Crippen LogP contribution in [0, 0.1) is 0 Å². The average molecular weight is 296 g/mol. The second-order valence-corrected chi connectivity index (χ2v) is 5.67. The molecule has 0 saturated carbocycles. The van der Waals surface area contributed by atoms with Crippen molar-refractivity contribution in [3.05, 3.63) is 29.8 Å². The number of carboxylic acids is 1. The lowest BCUT2D eigenvalue weighted by Gasteiger charge is -2.28. The number of hydrogen-bond donors (Lipinski definition) is 2. The molecule has 1 aromatic carbocycles. The highest BCUT2D eigenvalue weighted by Gasteiger charge is 2.30. The summed E-state index contributed by atoms with van der Waals surface area (Å²) in [6.45, 7) is 5.01. The Balaban J connectivity index is 2.93. The van der Waals surface area contributed by atoms with Crippen LogP contribution >= 0.6 is 0 Å². The monoisotopic (exact) mass is 296 g/mol. The van der Waals surface area contributed by atoms with Gasteiger partial charge in [-0.15, -0.1) is 0 Å². The minimum Gasteiger partial charge on any atom is -0.508 e. The van der Waals surface area contributed by atoms with Gasteiger partial charge in [0.1, 0.15) is 17.4 Å². The van der Waals surface area contributed by atoms with E-state index in [1.54, 1.807) is 32.9 Å². The van der Waals surface area contributed by atoms with Crippen LogP contribution in [-0.4, -0.2) is 45.8 Å². The molecule has 1 atom stereocenters. The number of carbonyl (C=O) groups excluding carboxylic acids is 1. The highest BCUT2D eigenvalue weighted by molar-refractivity contribution is 5.80. The molecule has 116 valence electrons. The van der Waals surface area contributed by atoms with Gasteiger partial charge in [-0.3, -0.25) is 4.90 Å². The maximum Gasteiger partial charge on any atom is 0.410 e. The number of amides is 1. The van der Waals surface area contributed by atoms with E-state index in [0.29, 0.717) is 5.56 Å². The minimum atomic E-state index is -1.22. The number of aliphatic carboxylic acids is 1. The lowest BCUT2D eigenvalue weighted by Crippen LogP contribution is -2.46. The fourth-order valence-corrected chi connectivity index (χ4v) is 1.63. The summed E-state index contributed by atoms with van der Waals surface area (Å²) >= 11 is 0. The van der Waals surface area contributed by atoms with Crippen LogP contribution in [0.5, 0.6) is 5.75 Å². The zero-order valence-electron chi connectivity index (χ0n) is 13.4. The van der Waals surface area contributed by atoms with Crippen LogP contribution in [0.15, 0.2) is 24.3 Å². The number of ether oxygens (including phenoxy) is 1. The Morgan fingerprint density at radius 1 is 1.33 bits per heavy atom. The van der Waals surface area contributed by atoms with E-state index >= 15 is 0 Å². The molecular formula is C15H21NO5. The third-order valence-corrected chi connectivity index (χ3v) is 2.65. The molecule has 0 aliphatic heterocycles. The number of hydrogen-bond acceptors (Lipinski definition) is 4. The van der Waals surface area contributed by atoms with E-state index in [4.69, 9.17) is 6.11 Å². The van der Waals surface area contributed by atoms with Gasteiger partial charge >= 0.3 is 12.1 Å². The van der Waals surface area contributed by atoms with Crippen LogP contribution < -0.4 is 0 Å². The first-order valence-corrected chi connectivity index (χ1v) is 6.43. The van der Waals surface area contributed by atoms with E-state index in [1.165, 1.54) is 12.1 Å². The van der Waals surface area contributed by atoms with Crippen molar-refractivity contribution in [3.8, 4) is 5.75 Å². The number of nitrogens with zero attached hydrogens (tertiary/aromatic N) is 1. The van der Waals surface area contributed by atoms with Gasteiger partial charge in [0.15, 0.2) is 0 Å². The third kappa shape index (κ3) is 5.33. The molecule has 0 aromatic heterocycles. The number of phenolic OH excluding ortho intramolecular Hbond substituents is 1. The molecule has 0 heterocycles. The van der Waals surface area contributed by atoms with E-state index < -0.39 is 30.7 Å². The topological polar surface area (TPSA) is 87.1 Å². The first-order valence-electron chi connectivity index (χ1n) is 7.14. The summed E-state index contributed by atoms with van der Waals surface area (Å²) in [5, 5.41) is 18.6. The molecule has 2 N–H and O–H groups in total. The van der Waals surface area contributed by atoms with Crippen LogP contribution in [0.3, 0.4) is 0 Å². The predicted molar refractivity (Wildman–Crippen MR) is 77.2 cm³/mol. The average Bonchev–Trinajstić information content (AvgIpc) is 2.38. The molecule has 1 aromatic rings. The van der Waals surface area contributed by atoms with Gasteiger partial charge in [-0.25, -0.2) is 9.59 Å². The van der Waals surface area contributed by atoms with Gasteiger partial charge in [0.2, 0.25) is 0 Å². The molecule has 0 radical (unpaired) electrons. The number of likely N-dealkylation sites (N-methyl/N-ethyl adjacent to an activating group) is 1. The Bertz CT molecular complexity index is 524. The third-order valence-electron chi connectivity index (χ3n) is 2.65. The molecular weight excluding hydrogens is 274 g/mol. The Morgan fingerprint density at radius 2 is 1.90 bits per heavy atom. The Hall–Kier alpha value is -2.24. The Kier molecular flexibility index (Phi) is 4.67. The van der Waals surface area contributed by atoms with Crippen molar-refractivity contribution in [2.24, 2.45) is 0 Å². The summed E-state index contributed by atoms with van der Waals surface area (Å²) in [4.78, 5) is 24.4. The second kappa shape index (κ2) is 6.47. The maximum atomic E-state index is 12.1. The van der Waals surface area contributed by atoms with Crippen LogP contribution in [0.25, 0.3) is 0 Å². The Morgan fingerprint density at radius 3 is 2.33 bits per heavy atom. The van der Waals surface area contributed by atoms with Crippen molar-refractivity contribution in [2.45, 2.75) is 38.8 Å². The highest BCUT2D eigenvalue weighted by Crippen LogP contribution is 2.16. The van der Waals surface area contributed by atoms with Gasteiger partial charge in [-0.1, -0.05) is 12.1 Å². The maximum absolute atomic E-state index is 12.1. The highest BCUT2D eigenvalue weighted by atomic mass is 16.6. The largest absolute Gasteiger partial charge is 0.508 e. The molecule has 0 unspecified atom stereocenters. The SMILES string of the molecule is [2H]CN(C(=O)OC(C)(C)C)[C@@H](Cc1ccc(O)cc1)C(=O)O. The number of benzene rings is 1. The van der Waals surface area contributed by atoms with Gasteiger partial charge in [-0.05, 0) is 38.5 Å². The molecule has 21 heavy (non-hydrogen) atoms. The summed E-state index contributed by atoms with van der Waals surface area (Å²) < 4.78 is 12.6. The first kappa shape index (κ1) is 15.2.